The average Bonchev–Trinajstić information content (AvgIpc) is 2.59. The van der Waals surface area contributed by atoms with Crippen LogP contribution in [0.2, 0.25) is 0 Å². The van der Waals surface area contributed by atoms with Crippen LogP contribution in [0.1, 0.15) is 11.1 Å². The summed E-state index contributed by atoms with van der Waals surface area (Å²) >= 11 is 0. The second-order valence-corrected chi connectivity index (χ2v) is 6.90. The number of nitrogens with one attached hydrogen (secondary N) is 1. The molecule has 2 aromatic rings. The molecule has 6 nitrogen and oxygen atoms in total. The van der Waals surface area contributed by atoms with E-state index in [0.717, 1.165) is 5.56 Å². The van der Waals surface area contributed by atoms with Crippen LogP contribution in [0, 0.1) is 6.92 Å². The number of hydrogen-bond acceptors (Lipinski definition) is 5. The van der Waals surface area contributed by atoms with Crippen molar-refractivity contribution in [3.63, 3.8) is 0 Å². The third-order valence-corrected chi connectivity index (χ3v) is 5.02. The van der Waals surface area contributed by atoms with Crippen molar-refractivity contribution in [3.05, 3.63) is 47.5 Å². The Bertz CT molecular complexity index is 818. The van der Waals surface area contributed by atoms with Crippen molar-refractivity contribution in [2.45, 2.75) is 18.4 Å². The van der Waals surface area contributed by atoms with Crippen molar-refractivity contribution < 1.29 is 22.6 Å². The monoisotopic (exact) mass is 351 g/mol. The molecule has 0 unspecified atom stereocenters. The summed E-state index contributed by atoms with van der Waals surface area (Å²) in [4.78, 5) is 0.183. The molecular formula is C17H21NO5S. The molecule has 2 rings (SSSR count). The summed E-state index contributed by atoms with van der Waals surface area (Å²) in [6.07, 6.45) is 0. The molecule has 0 aromatic heterocycles. The number of rotatable bonds is 7. The van der Waals surface area contributed by atoms with Gasteiger partial charge in [0.15, 0.2) is 0 Å². The van der Waals surface area contributed by atoms with E-state index < -0.39 is 10.0 Å². The molecule has 0 aliphatic carbocycles. The summed E-state index contributed by atoms with van der Waals surface area (Å²) < 4.78 is 43.1. The quantitative estimate of drug-likeness (QED) is 0.830. The number of ether oxygens (including phenoxy) is 3. The Morgan fingerprint density at radius 2 is 1.58 bits per heavy atom. The van der Waals surface area contributed by atoms with Gasteiger partial charge >= 0.3 is 0 Å². The van der Waals surface area contributed by atoms with E-state index in [1.807, 2.05) is 0 Å². The molecule has 24 heavy (non-hydrogen) atoms. The fourth-order valence-electron chi connectivity index (χ4n) is 2.29. The molecule has 0 bridgehead atoms. The predicted molar refractivity (Wildman–Crippen MR) is 91.3 cm³/mol. The number of benzene rings is 2. The summed E-state index contributed by atoms with van der Waals surface area (Å²) in [5, 5.41) is 0. The van der Waals surface area contributed by atoms with Crippen molar-refractivity contribution in [3.8, 4) is 17.2 Å². The van der Waals surface area contributed by atoms with Gasteiger partial charge in [0.1, 0.15) is 17.2 Å². The molecule has 0 radical (unpaired) electrons. The molecule has 0 heterocycles. The molecule has 1 N–H and O–H groups in total. The topological polar surface area (TPSA) is 73.9 Å². The van der Waals surface area contributed by atoms with Crippen LogP contribution >= 0.6 is 0 Å². The van der Waals surface area contributed by atoms with Gasteiger partial charge in [-0.3, -0.25) is 0 Å². The summed E-state index contributed by atoms with van der Waals surface area (Å²) in [7, 11) is 0.979. The molecule has 130 valence electrons. The first-order valence-electron chi connectivity index (χ1n) is 7.26. The zero-order valence-corrected chi connectivity index (χ0v) is 14.9. The summed E-state index contributed by atoms with van der Waals surface area (Å²) in [5.74, 6) is 1.86. The van der Waals surface area contributed by atoms with Gasteiger partial charge in [0.25, 0.3) is 0 Å². The van der Waals surface area contributed by atoms with Crippen molar-refractivity contribution in [2.24, 2.45) is 0 Å². The number of sulfonamides is 1. The van der Waals surface area contributed by atoms with Gasteiger partial charge in [-0.25, -0.2) is 13.1 Å². The number of methoxy groups -OCH3 is 3. The van der Waals surface area contributed by atoms with Gasteiger partial charge in [0.05, 0.1) is 26.2 Å². The lowest BCUT2D eigenvalue weighted by atomic mass is 10.2. The highest BCUT2D eigenvalue weighted by Crippen LogP contribution is 2.25. The maximum Gasteiger partial charge on any atom is 0.240 e. The third kappa shape index (κ3) is 3.98. The predicted octanol–water partition coefficient (Wildman–Crippen LogP) is 2.50. The van der Waals surface area contributed by atoms with E-state index in [2.05, 4.69) is 4.72 Å². The minimum atomic E-state index is -3.65. The van der Waals surface area contributed by atoms with Crippen molar-refractivity contribution in [2.75, 3.05) is 21.3 Å². The van der Waals surface area contributed by atoms with Gasteiger partial charge in [-0.05, 0) is 48.9 Å². The lowest BCUT2D eigenvalue weighted by Crippen LogP contribution is -2.23. The van der Waals surface area contributed by atoms with Crippen molar-refractivity contribution in [1.82, 2.24) is 4.72 Å². The van der Waals surface area contributed by atoms with Gasteiger partial charge in [-0.2, -0.15) is 0 Å². The van der Waals surface area contributed by atoms with Gasteiger partial charge in [-0.1, -0.05) is 0 Å². The van der Waals surface area contributed by atoms with E-state index in [1.165, 1.54) is 13.2 Å². The lowest BCUT2D eigenvalue weighted by Gasteiger charge is -2.13. The van der Waals surface area contributed by atoms with Crippen LogP contribution in [0.5, 0.6) is 17.2 Å². The zero-order chi connectivity index (χ0) is 17.7. The zero-order valence-electron chi connectivity index (χ0n) is 14.1. The van der Waals surface area contributed by atoms with E-state index >= 15 is 0 Å². The van der Waals surface area contributed by atoms with Gasteiger partial charge in [-0.15, -0.1) is 0 Å². The Balaban J connectivity index is 2.23. The maximum absolute atomic E-state index is 12.5. The molecule has 0 amide bonds. The second-order valence-electron chi connectivity index (χ2n) is 5.13. The summed E-state index contributed by atoms with van der Waals surface area (Å²) in [6, 6.07) is 9.95. The highest BCUT2D eigenvalue weighted by molar-refractivity contribution is 7.89. The van der Waals surface area contributed by atoms with E-state index in [0.29, 0.717) is 22.8 Å². The van der Waals surface area contributed by atoms with E-state index in [-0.39, 0.29) is 11.4 Å². The van der Waals surface area contributed by atoms with Gasteiger partial charge in [0, 0.05) is 12.1 Å². The van der Waals surface area contributed by atoms with Crippen molar-refractivity contribution >= 4 is 10.0 Å². The van der Waals surface area contributed by atoms with Crippen LogP contribution in [-0.4, -0.2) is 29.7 Å². The highest BCUT2D eigenvalue weighted by Gasteiger charge is 2.16. The largest absolute Gasteiger partial charge is 0.497 e. The fourth-order valence-corrected chi connectivity index (χ4v) is 3.39. The molecule has 0 saturated heterocycles. The minimum absolute atomic E-state index is 0.0911. The molecule has 0 aliphatic heterocycles. The lowest BCUT2D eigenvalue weighted by molar-refractivity contribution is 0.398. The van der Waals surface area contributed by atoms with Gasteiger partial charge in [0.2, 0.25) is 10.0 Å². The normalized spacial score (nSPS) is 11.2. The van der Waals surface area contributed by atoms with Crippen LogP contribution < -0.4 is 18.9 Å². The van der Waals surface area contributed by atoms with E-state index in [9.17, 15) is 8.42 Å². The second kappa shape index (κ2) is 7.55. The van der Waals surface area contributed by atoms with Crippen LogP contribution in [0.3, 0.4) is 0 Å². The first-order chi connectivity index (χ1) is 11.4. The van der Waals surface area contributed by atoms with Crippen LogP contribution in [0.25, 0.3) is 0 Å². The molecule has 2 aromatic carbocycles. The minimum Gasteiger partial charge on any atom is -0.497 e. The first kappa shape index (κ1) is 18.1. The smallest absolute Gasteiger partial charge is 0.240 e. The SMILES string of the molecule is COc1ccc(OC)c(CNS(=O)(=O)c2ccc(OC)c(C)c2)c1. The molecule has 0 aliphatic rings. The van der Waals surface area contributed by atoms with E-state index in [4.69, 9.17) is 14.2 Å². The number of aryl methyl sites for hydroxylation is 1. The Labute approximate surface area is 142 Å². The molecule has 0 fully saturated rings. The van der Waals surface area contributed by atoms with Gasteiger partial charge < -0.3 is 14.2 Å². The third-order valence-electron chi connectivity index (χ3n) is 3.62. The molecule has 0 saturated carbocycles. The Morgan fingerprint density at radius 1 is 0.917 bits per heavy atom. The fraction of sp³-hybridized carbons (Fsp3) is 0.294. The van der Waals surface area contributed by atoms with Crippen LogP contribution in [-0.2, 0) is 16.6 Å². The van der Waals surface area contributed by atoms with Crippen molar-refractivity contribution in [1.29, 1.82) is 0 Å². The average molecular weight is 351 g/mol. The molecule has 0 spiro atoms. The molecule has 7 heteroatoms. The van der Waals surface area contributed by atoms with E-state index in [1.54, 1.807) is 51.5 Å². The Morgan fingerprint density at radius 3 is 2.17 bits per heavy atom. The molecular weight excluding hydrogens is 330 g/mol. The molecule has 0 atom stereocenters. The maximum atomic E-state index is 12.5. The van der Waals surface area contributed by atoms with Crippen LogP contribution in [0.4, 0.5) is 0 Å². The number of hydrogen-bond donors (Lipinski definition) is 1. The standard InChI is InChI=1S/C17H21NO5S/c1-12-9-15(6-8-16(12)22-3)24(19,20)18-11-13-10-14(21-2)5-7-17(13)23-4/h5-10,18H,11H2,1-4H3. The summed E-state index contributed by atoms with van der Waals surface area (Å²) in [6.45, 7) is 1.89. The first-order valence-corrected chi connectivity index (χ1v) is 8.75. The van der Waals surface area contributed by atoms with Crippen LogP contribution in [0.15, 0.2) is 41.3 Å². The Kier molecular flexibility index (Phi) is 5.69. The Hall–Kier alpha value is -2.25. The highest BCUT2D eigenvalue weighted by atomic mass is 32.2. The summed E-state index contributed by atoms with van der Waals surface area (Å²) in [5.41, 5.74) is 1.44.